The van der Waals surface area contributed by atoms with Gasteiger partial charge < -0.3 is 15.0 Å². The van der Waals surface area contributed by atoms with E-state index in [1.807, 2.05) is 35.1 Å². The van der Waals surface area contributed by atoms with Gasteiger partial charge in [-0.2, -0.15) is 0 Å². The first kappa shape index (κ1) is 24.8. The van der Waals surface area contributed by atoms with E-state index < -0.39 is 28.0 Å². The van der Waals surface area contributed by atoms with Crippen LogP contribution in [0.3, 0.4) is 0 Å². The molecule has 0 aliphatic rings. The third-order valence-electron chi connectivity index (χ3n) is 5.29. The van der Waals surface area contributed by atoms with E-state index in [4.69, 9.17) is 4.74 Å². The first-order valence-corrected chi connectivity index (χ1v) is 12.0. The Balaban J connectivity index is 1.81. The van der Waals surface area contributed by atoms with E-state index >= 15 is 0 Å². The van der Waals surface area contributed by atoms with Gasteiger partial charge in [-0.05, 0) is 48.4 Å². The second-order valence-electron chi connectivity index (χ2n) is 7.68. The summed E-state index contributed by atoms with van der Waals surface area (Å²) in [5, 5.41) is 2.54. The van der Waals surface area contributed by atoms with Crippen molar-refractivity contribution in [3.05, 3.63) is 90.0 Å². The van der Waals surface area contributed by atoms with Gasteiger partial charge in [0.2, 0.25) is 5.91 Å². The van der Waals surface area contributed by atoms with Gasteiger partial charge in [-0.25, -0.2) is 17.9 Å². The number of nitrogens with one attached hydrogen (secondary N) is 2. The second kappa shape index (κ2) is 10.8. The lowest BCUT2D eigenvalue weighted by Gasteiger charge is -2.25. The highest BCUT2D eigenvalue weighted by atomic mass is 32.2. The van der Waals surface area contributed by atoms with Gasteiger partial charge in [-0.1, -0.05) is 48.5 Å². The maximum absolute atomic E-state index is 13.3. The third kappa shape index (κ3) is 6.14. The fourth-order valence-electron chi connectivity index (χ4n) is 3.44. The molecule has 0 fully saturated rings. The Morgan fingerprint density at radius 3 is 2.18 bits per heavy atom. The van der Waals surface area contributed by atoms with Crippen LogP contribution in [0.1, 0.15) is 11.1 Å². The molecule has 0 heterocycles. The first-order chi connectivity index (χ1) is 16.2. The molecule has 0 saturated heterocycles. The summed E-state index contributed by atoms with van der Waals surface area (Å²) in [6.07, 6.45) is 0.179. The van der Waals surface area contributed by atoms with E-state index in [9.17, 15) is 18.0 Å². The van der Waals surface area contributed by atoms with Crippen LogP contribution in [0, 0.1) is 6.92 Å². The Labute approximate surface area is 199 Å². The van der Waals surface area contributed by atoms with E-state index in [1.165, 1.54) is 11.0 Å². The van der Waals surface area contributed by atoms with Crippen LogP contribution in [0.4, 0.5) is 10.5 Å². The van der Waals surface area contributed by atoms with Gasteiger partial charge in [-0.15, -0.1) is 0 Å². The summed E-state index contributed by atoms with van der Waals surface area (Å²) in [5.41, 5.74) is 1.91. The molecule has 0 saturated carbocycles. The molecule has 3 aromatic rings. The predicted molar refractivity (Wildman–Crippen MR) is 130 cm³/mol. The van der Waals surface area contributed by atoms with Crippen molar-refractivity contribution in [2.45, 2.75) is 24.3 Å². The SMILES string of the molecule is COc1ccc(N(C)C(=O)C(Cc2ccccc2)NC(=O)NS(=O)(=O)c2ccccc2C)cc1. The average Bonchev–Trinajstić information content (AvgIpc) is 2.83. The Bertz CT molecular complexity index is 1250. The second-order valence-corrected chi connectivity index (χ2v) is 9.33. The maximum Gasteiger partial charge on any atom is 0.329 e. The van der Waals surface area contributed by atoms with Gasteiger partial charge in [0.15, 0.2) is 0 Å². The van der Waals surface area contributed by atoms with Crippen LogP contribution in [0.2, 0.25) is 0 Å². The van der Waals surface area contributed by atoms with Gasteiger partial charge in [0.1, 0.15) is 11.8 Å². The summed E-state index contributed by atoms with van der Waals surface area (Å²) < 4.78 is 32.6. The number of rotatable bonds is 8. The van der Waals surface area contributed by atoms with Crippen molar-refractivity contribution in [1.82, 2.24) is 10.0 Å². The molecule has 0 aliphatic heterocycles. The smallest absolute Gasteiger partial charge is 0.329 e. The molecule has 0 aliphatic carbocycles. The quantitative estimate of drug-likeness (QED) is 0.514. The number of anilines is 1. The number of benzene rings is 3. The van der Waals surface area contributed by atoms with Gasteiger partial charge in [0.05, 0.1) is 12.0 Å². The van der Waals surface area contributed by atoms with E-state index in [-0.39, 0.29) is 11.3 Å². The average molecular weight is 482 g/mol. The Morgan fingerprint density at radius 1 is 0.941 bits per heavy atom. The molecule has 0 bridgehead atoms. The molecule has 0 radical (unpaired) electrons. The zero-order valence-electron chi connectivity index (χ0n) is 19.2. The normalized spacial score (nSPS) is 11.9. The molecule has 3 aromatic carbocycles. The number of carbonyl (C=O) groups is 2. The maximum atomic E-state index is 13.3. The van der Waals surface area contributed by atoms with Crippen LogP contribution in [0.5, 0.6) is 5.75 Å². The summed E-state index contributed by atoms with van der Waals surface area (Å²) in [7, 11) is -0.977. The number of amides is 3. The summed E-state index contributed by atoms with van der Waals surface area (Å²) in [4.78, 5) is 27.4. The van der Waals surface area contributed by atoms with Crippen LogP contribution in [-0.4, -0.2) is 40.6 Å². The lowest BCUT2D eigenvalue weighted by Crippen LogP contribution is -2.52. The highest BCUT2D eigenvalue weighted by Gasteiger charge is 2.27. The van der Waals surface area contributed by atoms with Crippen molar-refractivity contribution in [1.29, 1.82) is 0 Å². The minimum Gasteiger partial charge on any atom is -0.497 e. The fraction of sp³-hybridized carbons (Fsp3) is 0.200. The molecular formula is C25H27N3O5S. The van der Waals surface area contributed by atoms with Crippen LogP contribution >= 0.6 is 0 Å². The summed E-state index contributed by atoms with van der Waals surface area (Å²) >= 11 is 0. The summed E-state index contributed by atoms with van der Waals surface area (Å²) in [6.45, 7) is 1.64. The molecule has 3 amide bonds. The Hall–Kier alpha value is -3.85. The monoisotopic (exact) mass is 481 g/mol. The number of nitrogens with zero attached hydrogens (tertiary/aromatic N) is 1. The number of urea groups is 1. The minimum absolute atomic E-state index is 0.00793. The van der Waals surface area contributed by atoms with Gasteiger partial charge in [-0.3, -0.25) is 4.79 Å². The van der Waals surface area contributed by atoms with Gasteiger partial charge >= 0.3 is 6.03 Å². The molecule has 2 N–H and O–H groups in total. The van der Waals surface area contributed by atoms with E-state index in [0.717, 1.165) is 5.56 Å². The van der Waals surface area contributed by atoms with Crippen molar-refractivity contribution in [3.63, 3.8) is 0 Å². The fourth-order valence-corrected chi connectivity index (χ4v) is 4.60. The van der Waals surface area contributed by atoms with E-state index in [2.05, 4.69) is 5.32 Å². The molecule has 8 nitrogen and oxygen atoms in total. The number of hydrogen-bond acceptors (Lipinski definition) is 5. The standard InChI is InChI=1S/C25H27N3O5S/c1-18-9-7-8-12-23(18)34(31,32)27-25(30)26-22(17-19-10-5-4-6-11-19)24(29)28(2)20-13-15-21(33-3)16-14-20/h4-16,22H,17H2,1-3H3,(H2,26,27,30). The zero-order chi connectivity index (χ0) is 24.7. The van der Waals surface area contributed by atoms with Crippen LogP contribution in [0.25, 0.3) is 0 Å². The molecule has 9 heteroatoms. The summed E-state index contributed by atoms with van der Waals surface area (Å²) in [5.74, 6) is 0.238. The third-order valence-corrected chi connectivity index (χ3v) is 6.78. The highest BCUT2D eigenvalue weighted by molar-refractivity contribution is 7.90. The minimum atomic E-state index is -4.12. The van der Waals surface area contributed by atoms with Crippen molar-refractivity contribution in [2.24, 2.45) is 0 Å². The molecular weight excluding hydrogens is 454 g/mol. The zero-order valence-corrected chi connectivity index (χ0v) is 20.0. The molecule has 1 atom stereocenters. The molecule has 1 unspecified atom stereocenters. The van der Waals surface area contributed by atoms with E-state index in [1.54, 1.807) is 63.5 Å². The van der Waals surface area contributed by atoms with Crippen molar-refractivity contribution >= 4 is 27.6 Å². The van der Waals surface area contributed by atoms with Crippen LogP contribution in [0.15, 0.2) is 83.8 Å². The predicted octanol–water partition coefficient (Wildman–Crippen LogP) is 3.27. The van der Waals surface area contributed by atoms with Crippen molar-refractivity contribution in [2.75, 3.05) is 19.1 Å². The number of likely N-dealkylation sites (N-methyl/N-ethyl adjacent to an activating group) is 1. The van der Waals surface area contributed by atoms with Gasteiger partial charge in [0, 0.05) is 19.2 Å². The van der Waals surface area contributed by atoms with Crippen LogP contribution in [-0.2, 0) is 21.2 Å². The number of sulfonamides is 1. The lowest BCUT2D eigenvalue weighted by atomic mass is 10.0. The van der Waals surface area contributed by atoms with Crippen LogP contribution < -0.4 is 19.7 Å². The largest absolute Gasteiger partial charge is 0.497 e. The number of ether oxygens (including phenoxy) is 1. The molecule has 34 heavy (non-hydrogen) atoms. The molecule has 178 valence electrons. The number of methoxy groups -OCH3 is 1. The molecule has 0 spiro atoms. The number of carbonyl (C=O) groups excluding carboxylic acids is 2. The molecule has 3 rings (SSSR count). The number of hydrogen-bond donors (Lipinski definition) is 2. The topological polar surface area (TPSA) is 105 Å². The van der Waals surface area contributed by atoms with Crippen molar-refractivity contribution in [3.8, 4) is 5.75 Å². The number of aryl methyl sites for hydroxylation is 1. The Kier molecular flexibility index (Phi) is 7.91. The summed E-state index contributed by atoms with van der Waals surface area (Å²) in [6, 6.07) is 20.4. The lowest BCUT2D eigenvalue weighted by molar-refractivity contribution is -0.120. The first-order valence-electron chi connectivity index (χ1n) is 10.6. The Morgan fingerprint density at radius 2 is 1.56 bits per heavy atom. The molecule has 0 aromatic heterocycles. The highest BCUT2D eigenvalue weighted by Crippen LogP contribution is 2.20. The van der Waals surface area contributed by atoms with Crippen molar-refractivity contribution < 1.29 is 22.7 Å². The van der Waals surface area contributed by atoms with Gasteiger partial charge in [0.25, 0.3) is 10.0 Å². The van der Waals surface area contributed by atoms with E-state index in [0.29, 0.717) is 17.0 Å².